The fourth-order valence-electron chi connectivity index (χ4n) is 4.17. The van der Waals surface area contributed by atoms with Gasteiger partial charge in [-0.25, -0.2) is 8.42 Å². The van der Waals surface area contributed by atoms with Crippen LogP contribution in [0.1, 0.15) is 29.3 Å². The molecule has 0 spiro atoms. The van der Waals surface area contributed by atoms with E-state index in [0.717, 1.165) is 26.1 Å². The molecule has 1 amide bonds. The second kappa shape index (κ2) is 11.4. The van der Waals surface area contributed by atoms with E-state index in [2.05, 4.69) is 21.8 Å². The van der Waals surface area contributed by atoms with Crippen molar-refractivity contribution in [1.29, 1.82) is 0 Å². The molecule has 0 unspecified atom stereocenters. The van der Waals surface area contributed by atoms with Crippen molar-refractivity contribution in [3.05, 3.63) is 90.0 Å². The number of ether oxygens (including phenoxy) is 1. The van der Waals surface area contributed by atoms with Gasteiger partial charge in [0.05, 0.1) is 11.5 Å². The molecule has 1 N–H and O–H groups in total. The van der Waals surface area contributed by atoms with Crippen LogP contribution in [-0.4, -0.2) is 56.9 Å². The molecule has 7 nitrogen and oxygen atoms in total. The summed E-state index contributed by atoms with van der Waals surface area (Å²) in [6, 6.07) is 23.2. The molecule has 0 aliphatic carbocycles. The van der Waals surface area contributed by atoms with Gasteiger partial charge in [0.15, 0.2) is 0 Å². The van der Waals surface area contributed by atoms with Gasteiger partial charge in [-0.1, -0.05) is 36.4 Å². The summed E-state index contributed by atoms with van der Waals surface area (Å²) in [5.74, 6) is 0.521. The highest BCUT2D eigenvalue weighted by Crippen LogP contribution is 2.21. The van der Waals surface area contributed by atoms with Crippen LogP contribution >= 0.6 is 0 Å². The summed E-state index contributed by atoms with van der Waals surface area (Å²) in [4.78, 5) is 17.6. The van der Waals surface area contributed by atoms with E-state index in [4.69, 9.17) is 4.74 Å². The van der Waals surface area contributed by atoms with Crippen LogP contribution in [0.2, 0.25) is 0 Å². The number of nitrogens with zero attached hydrogens (tertiary/aromatic N) is 2. The van der Waals surface area contributed by atoms with Gasteiger partial charge in [-0.15, -0.1) is 0 Å². The number of benzene rings is 3. The second-order valence-electron chi connectivity index (χ2n) is 8.50. The molecular weight excluding hydrogens is 462 g/mol. The predicted molar refractivity (Wildman–Crippen MR) is 137 cm³/mol. The third kappa shape index (κ3) is 6.61. The first-order chi connectivity index (χ1) is 16.9. The standard InChI is InChI=1S/C27H31N3O4S/c1-2-34-25-12-14-26(15-13-25)35(32,33)28-24-11-6-10-23(20-24)27(31)30-17-7-16-29(18-19-30)21-22-8-4-3-5-9-22/h3-6,8-15,20,28H,2,7,16-19,21H2,1H3. The molecule has 184 valence electrons. The first kappa shape index (κ1) is 24.8. The van der Waals surface area contributed by atoms with E-state index in [1.165, 1.54) is 17.7 Å². The zero-order valence-electron chi connectivity index (χ0n) is 19.9. The molecule has 3 aromatic carbocycles. The zero-order chi connectivity index (χ0) is 24.7. The Labute approximate surface area is 207 Å². The van der Waals surface area contributed by atoms with Crippen molar-refractivity contribution >= 4 is 21.6 Å². The van der Waals surface area contributed by atoms with Gasteiger partial charge in [0, 0.05) is 44.0 Å². The Morgan fingerprint density at radius 1 is 0.914 bits per heavy atom. The average molecular weight is 494 g/mol. The van der Waals surface area contributed by atoms with E-state index in [1.807, 2.05) is 30.0 Å². The molecule has 0 bridgehead atoms. The smallest absolute Gasteiger partial charge is 0.261 e. The normalized spacial score (nSPS) is 14.8. The molecule has 35 heavy (non-hydrogen) atoms. The van der Waals surface area contributed by atoms with Crippen LogP contribution in [0.15, 0.2) is 83.8 Å². The fourth-order valence-corrected chi connectivity index (χ4v) is 5.22. The lowest BCUT2D eigenvalue weighted by Gasteiger charge is -2.22. The van der Waals surface area contributed by atoms with Gasteiger partial charge in [0.2, 0.25) is 0 Å². The number of carbonyl (C=O) groups is 1. The molecule has 1 aliphatic heterocycles. The Kier molecular flexibility index (Phi) is 8.05. The van der Waals surface area contributed by atoms with Crippen LogP contribution in [0.5, 0.6) is 5.75 Å². The lowest BCUT2D eigenvalue weighted by Crippen LogP contribution is -2.35. The first-order valence-electron chi connectivity index (χ1n) is 11.9. The number of rotatable bonds is 8. The molecule has 0 radical (unpaired) electrons. The molecule has 3 aromatic rings. The largest absolute Gasteiger partial charge is 0.494 e. The minimum atomic E-state index is -3.79. The van der Waals surface area contributed by atoms with E-state index in [-0.39, 0.29) is 10.8 Å². The number of hydrogen-bond donors (Lipinski definition) is 1. The Hall–Kier alpha value is -3.36. The van der Waals surface area contributed by atoms with Crippen LogP contribution in [0.4, 0.5) is 5.69 Å². The molecular formula is C27H31N3O4S. The van der Waals surface area contributed by atoms with Crippen molar-refractivity contribution in [2.24, 2.45) is 0 Å². The van der Waals surface area contributed by atoms with Gasteiger partial charge >= 0.3 is 0 Å². The molecule has 1 aliphatic rings. The van der Waals surface area contributed by atoms with E-state index in [1.54, 1.807) is 36.4 Å². The van der Waals surface area contributed by atoms with Crippen molar-refractivity contribution in [3.63, 3.8) is 0 Å². The molecule has 0 saturated carbocycles. The maximum atomic E-state index is 13.2. The summed E-state index contributed by atoms with van der Waals surface area (Å²) in [5, 5.41) is 0. The Morgan fingerprint density at radius 2 is 1.69 bits per heavy atom. The van der Waals surface area contributed by atoms with Crippen LogP contribution < -0.4 is 9.46 Å². The van der Waals surface area contributed by atoms with Crippen LogP contribution in [-0.2, 0) is 16.6 Å². The highest BCUT2D eigenvalue weighted by molar-refractivity contribution is 7.92. The van der Waals surface area contributed by atoms with E-state index < -0.39 is 10.0 Å². The monoisotopic (exact) mass is 493 g/mol. The molecule has 0 atom stereocenters. The Morgan fingerprint density at radius 3 is 2.43 bits per heavy atom. The maximum Gasteiger partial charge on any atom is 0.261 e. The molecule has 1 saturated heterocycles. The SMILES string of the molecule is CCOc1ccc(S(=O)(=O)Nc2cccc(C(=O)N3CCCN(Cc4ccccc4)CC3)c2)cc1. The number of hydrogen-bond acceptors (Lipinski definition) is 5. The number of carbonyl (C=O) groups excluding carboxylic acids is 1. The van der Waals surface area contributed by atoms with Gasteiger partial charge in [-0.2, -0.15) is 0 Å². The summed E-state index contributed by atoms with van der Waals surface area (Å²) in [5.41, 5.74) is 2.08. The second-order valence-corrected chi connectivity index (χ2v) is 10.2. The van der Waals surface area contributed by atoms with Gasteiger partial charge in [-0.05, 0) is 61.4 Å². The highest BCUT2D eigenvalue weighted by Gasteiger charge is 2.21. The number of amides is 1. The molecule has 0 aromatic heterocycles. The van der Waals surface area contributed by atoms with Crippen molar-refractivity contribution in [2.75, 3.05) is 37.5 Å². The van der Waals surface area contributed by atoms with Gasteiger partial charge in [0.25, 0.3) is 15.9 Å². The highest BCUT2D eigenvalue weighted by atomic mass is 32.2. The molecule has 1 heterocycles. The minimum absolute atomic E-state index is 0.0892. The van der Waals surface area contributed by atoms with Crippen LogP contribution in [0, 0.1) is 0 Å². The van der Waals surface area contributed by atoms with Crippen molar-refractivity contribution in [1.82, 2.24) is 9.80 Å². The Bertz CT molecular complexity index is 1230. The minimum Gasteiger partial charge on any atom is -0.494 e. The maximum absolute atomic E-state index is 13.2. The van der Waals surface area contributed by atoms with Gasteiger partial charge < -0.3 is 9.64 Å². The summed E-state index contributed by atoms with van der Waals surface area (Å²) < 4.78 is 33.6. The summed E-state index contributed by atoms with van der Waals surface area (Å²) in [6.45, 7) is 6.27. The zero-order valence-corrected chi connectivity index (χ0v) is 20.7. The first-order valence-corrected chi connectivity index (χ1v) is 13.3. The summed E-state index contributed by atoms with van der Waals surface area (Å²) in [7, 11) is -3.79. The Balaban J connectivity index is 1.40. The van der Waals surface area contributed by atoms with E-state index in [9.17, 15) is 13.2 Å². The third-order valence-corrected chi connectivity index (χ3v) is 7.33. The van der Waals surface area contributed by atoms with E-state index in [0.29, 0.717) is 36.7 Å². The average Bonchev–Trinajstić information content (AvgIpc) is 3.10. The summed E-state index contributed by atoms with van der Waals surface area (Å²) >= 11 is 0. The fraction of sp³-hybridized carbons (Fsp3) is 0.296. The number of sulfonamides is 1. The number of anilines is 1. The molecule has 1 fully saturated rings. The molecule has 4 rings (SSSR count). The van der Waals surface area contributed by atoms with E-state index >= 15 is 0 Å². The lowest BCUT2D eigenvalue weighted by molar-refractivity contribution is 0.0761. The van der Waals surface area contributed by atoms with Gasteiger partial charge in [0.1, 0.15) is 5.75 Å². The van der Waals surface area contributed by atoms with Crippen molar-refractivity contribution < 1.29 is 17.9 Å². The van der Waals surface area contributed by atoms with Crippen molar-refractivity contribution in [3.8, 4) is 5.75 Å². The number of nitrogens with one attached hydrogen (secondary N) is 1. The third-order valence-electron chi connectivity index (χ3n) is 5.93. The summed E-state index contributed by atoms with van der Waals surface area (Å²) in [6.07, 6.45) is 0.892. The topological polar surface area (TPSA) is 78.9 Å². The predicted octanol–water partition coefficient (Wildman–Crippen LogP) is 4.23. The van der Waals surface area contributed by atoms with Crippen LogP contribution in [0.3, 0.4) is 0 Å². The quantitative estimate of drug-likeness (QED) is 0.508. The lowest BCUT2D eigenvalue weighted by atomic mass is 10.1. The van der Waals surface area contributed by atoms with Gasteiger partial charge in [-0.3, -0.25) is 14.4 Å². The molecule has 8 heteroatoms. The van der Waals surface area contributed by atoms with Crippen LogP contribution in [0.25, 0.3) is 0 Å². The van der Waals surface area contributed by atoms with Crippen molar-refractivity contribution in [2.45, 2.75) is 24.8 Å².